The van der Waals surface area contributed by atoms with Gasteiger partial charge in [0.05, 0.1) is 11.3 Å². The van der Waals surface area contributed by atoms with E-state index in [0.717, 1.165) is 6.42 Å². The highest BCUT2D eigenvalue weighted by molar-refractivity contribution is 5.92. The predicted octanol–water partition coefficient (Wildman–Crippen LogP) is 3.58. The summed E-state index contributed by atoms with van der Waals surface area (Å²) in [6, 6.07) is 13.4. The van der Waals surface area contributed by atoms with Crippen LogP contribution in [0.15, 0.2) is 48.5 Å². The number of rotatable bonds is 9. The maximum absolute atomic E-state index is 11.7. The Morgan fingerprint density at radius 3 is 2.36 bits per heavy atom. The number of carbonyl (C=O) groups excluding carboxylic acids is 1. The van der Waals surface area contributed by atoms with Gasteiger partial charge in [0.1, 0.15) is 24.7 Å². The second kappa shape index (κ2) is 9.32. The van der Waals surface area contributed by atoms with Crippen LogP contribution in [0.3, 0.4) is 0 Å². The molecular weight excluding hydrogens is 322 g/mol. The maximum atomic E-state index is 11.7. The van der Waals surface area contributed by atoms with E-state index >= 15 is 0 Å². The van der Waals surface area contributed by atoms with E-state index in [4.69, 9.17) is 14.6 Å². The van der Waals surface area contributed by atoms with E-state index in [-0.39, 0.29) is 11.5 Å². The zero-order valence-corrected chi connectivity index (χ0v) is 14.0. The van der Waals surface area contributed by atoms with Crippen molar-refractivity contribution in [3.63, 3.8) is 0 Å². The van der Waals surface area contributed by atoms with E-state index in [2.05, 4.69) is 5.32 Å². The van der Waals surface area contributed by atoms with Gasteiger partial charge in [-0.2, -0.15) is 0 Å². The van der Waals surface area contributed by atoms with Gasteiger partial charge in [0.25, 0.3) is 0 Å². The molecule has 0 saturated carbocycles. The largest absolute Gasteiger partial charge is 0.490 e. The number of ether oxygens (including phenoxy) is 2. The molecule has 0 aliphatic rings. The number of benzene rings is 2. The van der Waals surface area contributed by atoms with Crippen LogP contribution in [0.4, 0.5) is 5.69 Å². The molecule has 2 N–H and O–H groups in total. The number of anilines is 1. The molecule has 1 amide bonds. The topological polar surface area (TPSA) is 84.9 Å². The van der Waals surface area contributed by atoms with Crippen molar-refractivity contribution in [2.45, 2.75) is 19.8 Å². The van der Waals surface area contributed by atoms with E-state index in [1.165, 1.54) is 12.1 Å². The van der Waals surface area contributed by atoms with E-state index in [9.17, 15) is 9.59 Å². The number of carbonyl (C=O) groups is 2. The van der Waals surface area contributed by atoms with E-state index in [1.807, 2.05) is 19.1 Å². The fourth-order valence-electron chi connectivity index (χ4n) is 2.14. The number of nitrogens with one attached hydrogen (secondary N) is 1. The number of para-hydroxylation sites is 2. The molecule has 0 atom stereocenters. The fourth-order valence-corrected chi connectivity index (χ4v) is 2.14. The molecule has 0 fully saturated rings. The number of hydrogen-bond acceptors (Lipinski definition) is 4. The van der Waals surface area contributed by atoms with Crippen LogP contribution in [0.1, 0.15) is 30.1 Å². The summed E-state index contributed by atoms with van der Waals surface area (Å²) in [7, 11) is 0. The van der Waals surface area contributed by atoms with E-state index in [1.54, 1.807) is 24.3 Å². The third-order valence-corrected chi connectivity index (χ3v) is 3.35. The minimum atomic E-state index is -0.975. The number of aromatic carboxylic acids is 1. The molecule has 25 heavy (non-hydrogen) atoms. The highest BCUT2D eigenvalue weighted by Gasteiger charge is 2.07. The Morgan fingerprint density at radius 1 is 1.00 bits per heavy atom. The zero-order valence-electron chi connectivity index (χ0n) is 14.0. The third-order valence-electron chi connectivity index (χ3n) is 3.35. The number of carboxylic acid groups (broad SMARTS) is 1. The van der Waals surface area contributed by atoms with Gasteiger partial charge < -0.3 is 19.9 Å². The summed E-state index contributed by atoms with van der Waals surface area (Å²) in [4.78, 5) is 22.5. The normalized spacial score (nSPS) is 10.1. The molecule has 0 aromatic heterocycles. The average Bonchev–Trinajstić information content (AvgIpc) is 2.60. The first kappa shape index (κ1) is 18.3. The second-order valence-corrected chi connectivity index (χ2v) is 5.32. The van der Waals surface area contributed by atoms with E-state index < -0.39 is 5.97 Å². The van der Waals surface area contributed by atoms with Crippen LogP contribution in [0.25, 0.3) is 0 Å². The molecule has 0 saturated heterocycles. The Kier molecular flexibility index (Phi) is 6.83. The van der Waals surface area contributed by atoms with Crippen LogP contribution in [0.5, 0.6) is 11.5 Å². The maximum Gasteiger partial charge on any atom is 0.335 e. The Hall–Kier alpha value is -3.02. The molecule has 0 spiro atoms. The predicted molar refractivity (Wildman–Crippen MR) is 94.4 cm³/mol. The van der Waals surface area contributed by atoms with Gasteiger partial charge in [0, 0.05) is 6.42 Å². The lowest BCUT2D eigenvalue weighted by molar-refractivity contribution is -0.116. The van der Waals surface area contributed by atoms with Crippen molar-refractivity contribution in [1.29, 1.82) is 0 Å². The summed E-state index contributed by atoms with van der Waals surface area (Å²) in [5, 5.41) is 11.7. The lowest BCUT2D eigenvalue weighted by Gasteiger charge is -2.13. The van der Waals surface area contributed by atoms with Crippen molar-refractivity contribution in [3.05, 3.63) is 54.1 Å². The van der Waals surface area contributed by atoms with Crippen molar-refractivity contribution in [2.24, 2.45) is 0 Å². The van der Waals surface area contributed by atoms with Crippen LogP contribution in [0, 0.1) is 0 Å². The monoisotopic (exact) mass is 343 g/mol. The number of amides is 1. The van der Waals surface area contributed by atoms with Crippen LogP contribution >= 0.6 is 0 Å². The van der Waals surface area contributed by atoms with Gasteiger partial charge in [0.2, 0.25) is 5.91 Å². The number of hydrogen-bond donors (Lipinski definition) is 2. The molecule has 2 rings (SSSR count). The summed E-state index contributed by atoms with van der Waals surface area (Å²) in [6.45, 7) is 2.54. The zero-order chi connectivity index (χ0) is 18.1. The van der Waals surface area contributed by atoms with Crippen LogP contribution in [0.2, 0.25) is 0 Å². The Bertz CT molecular complexity index is 712. The minimum absolute atomic E-state index is 0.0479. The molecular formula is C19H21NO5. The summed E-state index contributed by atoms with van der Waals surface area (Å²) >= 11 is 0. The first-order valence-corrected chi connectivity index (χ1v) is 8.08. The van der Waals surface area contributed by atoms with Crippen molar-refractivity contribution >= 4 is 17.6 Å². The Labute approximate surface area is 146 Å². The van der Waals surface area contributed by atoms with Crippen molar-refractivity contribution in [3.8, 4) is 11.5 Å². The van der Waals surface area contributed by atoms with Gasteiger partial charge in [-0.05, 0) is 42.8 Å². The second-order valence-electron chi connectivity index (χ2n) is 5.32. The smallest absolute Gasteiger partial charge is 0.335 e. The van der Waals surface area contributed by atoms with Crippen LogP contribution in [-0.4, -0.2) is 30.2 Å². The average molecular weight is 343 g/mol. The van der Waals surface area contributed by atoms with Gasteiger partial charge in [-0.3, -0.25) is 4.79 Å². The lowest BCUT2D eigenvalue weighted by Crippen LogP contribution is -2.14. The SMILES string of the molecule is CCCC(=O)Nc1ccccc1OCCOc1ccc(C(=O)O)cc1. The van der Waals surface area contributed by atoms with Crippen molar-refractivity contribution in [2.75, 3.05) is 18.5 Å². The molecule has 0 unspecified atom stereocenters. The quantitative estimate of drug-likeness (QED) is 0.680. The third kappa shape index (κ3) is 5.84. The van der Waals surface area contributed by atoms with Gasteiger partial charge in [-0.1, -0.05) is 19.1 Å². The molecule has 0 radical (unpaired) electrons. The molecule has 0 aliphatic heterocycles. The van der Waals surface area contributed by atoms with Crippen LogP contribution in [-0.2, 0) is 4.79 Å². The van der Waals surface area contributed by atoms with Crippen molar-refractivity contribution < 1.29 is 24.2 Å². The molecule has 0 aliphatic carbocycles. The van der Waals surface area contributed by atoms with Gasteiger partial charge in [0.15, 0.2) is 0 Å². The van der Waals surface area contributed by atoms with Crippen molar-refractivity contribution in [1.82, 2.24) is 0 Å². The first-order chi connectivity index (χ1) is 12.1. The Morgan fingerprint density at radius 2 is 1.68 bits per heavy atom. The summed E-state index contributed by atoms with van der Waals surface area (Å²) in [5.41, 5.74) is 0.840. The minimum Gasteiger partial charge on any atom is -0.490 e. The van der Waals surface area contributed by atoms with Gasteiger partial charge in [-0.15, -0.1) is 0 Å². The first-order valence-electron chi connectivity index (χ1n) is 8.08. The van der Waals surface area contributed by atoms with Gasteiger partial charge in [-0.25, -0.2) is 4.79 Å². The molecule has 6 heteroatoms. The molecule has 132 valence electrons. The summed E-state index contributed by atoms with van der Waals surface area (Å²) in [5.74, 6) is 0.125. The molecule has 2 aromatic carbocycles. The Balaban J connectivity index is 1.83. The highest BCUT2D eigenvalue weighted by atomic mass is 16.5. The molecule has 0 heterocycles. The fraction of sp³-hybridized carbons (Fsp3) is 0.263. The summed E-state index contributed by atoms with van der Waals surface area (Å²) < 4.78 is 11.2. The number of carboxylic acids is 1. The molecule has 6 nitrogen and oxygen atoms in total. The summed E-state index contributed by atoms with van der Waals surface area (Å²) in [6.07, 6.45) is 1.24. The van der Waals surface area contributed by atoms with Gasteiger partial charge >= 0.3 is 5.97 Å². The van der Waals surface area contributed by atoms with Crippen LogP contribution < -0.4 is 14.8 Å². The standard InChI is InChI=1S/C19H21NO5/c1-2-5-18(21)20-16-6-3-4-7-17(16)25-13-12-24-15-10-8-14(9-11-15)19(22)23/h3-4,6-11H,2,5,12-13H2,1H3,(H,20,21)(H,22,23). The molecule has 2 aromatic rings. The highest BCUT2D eigenvalue weighted by Crippen LogP contribution is 2.24. The lowest BCUT2D eigenvalue weighted by atomic mass is 10.2. The van der Waals surface area contributed by atoms with E-state index in [0.29, 0.717) is 36.8 Å². The molecule has 0 bridgehead atoms.